The van der Waals surface area contributed by atoms with Gasteiger partial charge in [-0.25, -0.2) is 9.18 Å². The third-order valence-electron chi connectivity index (χ3n) is 4.10. The molecule has 1 saturated heterocycles. The number of nitriles is 1. The van der Waals surface area contributed by atoms with Crippen LogP contribution in [0.2, 0.25) is 0 Å². The van der Waals surface area contributed by atoms with E-state index < -0.39 is 6.03 Å². The largest absolute Gasteiger partial charge is 0.376 e. The van der Waals surface area contributed by atoms with Crippen molar-refractivity contribution in [2.45, 2.75) is 25.0 Å². The number of rotatable bonds is 4. The molecule has 5 nitrogen and oxygen atoms in total. The van der Waals surface area contributed by atoms with Gasteiger partial charge in [-0.3, -0.25) is 0 Å². The Morgan fingerprint density at radius 3 is 2.76 bits per heavy atom. The van der Waals surface area contributed by atoms with Crippen molar-refractivity contribution in [3.63, 3.8) is 0 Å². The highest BCUT2D eigenvalue weighted by molar-refractivity contribution is 5.89. The van der Waals surface area contributed by atoms with E-state index in [9.17, 15) is 9.18 Å². The van der Waals surface area contributed by atoms with Gasteiger partial charge in [0.05, 0.1) is 23.8 Å². The molecular weight excluding hydrogens is 321 g/mol. The van der Waals surface area contributed by atoms with Crippen LogP contribution in [0.5, 0.6) is 0 Å². The number of hydrogen-bond acceptors (Lipinski definition) is 3. The Morgan fingerprint density at radius 2 is 2.08 bits per heavy atom. The summed E-state index contributed by atoms with van der Waals surface area (Å²) in [5.74, 6) is -0.326. The van der Waals surface area contributed by atoms with E-state index in [0.717, 1.165) is 18.4 Å². The molecule has 0 aromatic heterocycles. The summed E-state index contributed by atoms with van der Waals surface area (Å²) in [6.45, 7) is 0.649. The standard InChI is InChI=1S/C19H18FN3O2/c20-15-8-6-14(7-9-15)18(17-5-2-10-25-17)23-19(24)22-16-4-1-3-13(11-16)12-21/h1,3-4,6-9,11,17-18H,2,5,10H2,(H2,22,23,24). The van der Waals surface area contributed by atoms with Gasteiger partial charge in [-0.15, -0.1) is 0 Å². The summed E-state index contributed by atoms with van der Waals surface area (Å²) in [6.07, 6.45) is 1.60. The summed E-state index contributed by atoms with van der Waals surface area (Å²) in [5, 5.41) is 14.6. The minimum absolute atomic E-state index is 0.151. The van der Waals surface area contributed by atoms with Crippen LogP contribution in [0.3, 0.4) is 0 Å². The number of carbonyl (C=O) groups is 1. The molecule has 128 valence electrons. The van der Waals surface area contributed by atoms with Gasteiger partial charge < -0.3 is 15.4 Å². The molecular formula is C19H18FN3O2. The number of halogens is 1. The highest BCUT2D eigenvalue weighted by Crippen LogP contribution is 2.27. The topological polar surface area (TPSA) is 74.2 Å². The number of nitrogens with one attached hydrogen (secondary N) is 2. The first-order chi connectivity index (χ1) is 12.2. The van der Waals surface area contributed by atoms with E-state index in [2.05, 4.69) is 10.6 Å². The molecule has 1 fully saturated rings. The predicted octanol–water partition coefficient (Wildman–Crippen LogP) is 3.74. The molecule has 2 N–H and O–H groups in total. The number of ether oxygens (including phenoxy) is 1. The van der Waals surface area contributed by atoms with Crippen LogP contribution in [0.4, 0.5) is 14.9 Å². The zero-order chi connectivity index (χ0) is 17.6. The molecule has 1 aliphatic rings. The van der Waals surface area contributed by atoms with E-state index in [4.69, 9.17) is 10.00 Å². The molecule has 6 heteroatoms. The maximum atomic E-state index is 13.2. The summed E-state index contributed by atoms with van der Waals surface area (Å²) in [7, 11) is 0. The van der Waals surface area contributed by atoms with Gasteiger partial charge in [-0.05, 0) is 48.7 Å². The average molecular weight is 339 g/mol. The number of urea groups is 1. The summed E-state index contributed by atoms with van der Waals surface area (Å²) in [4.78, 5) is 12.4. The second kappa shape index (κ2) is 7.77. The fraction of sp³-hybridized carbons (Fsp3) is 0.263. The Kier molecular flexibility index (Phi) is 5.26. The fourth-order valence-electron chi connectivity index (χ4n) is 2.90. The van der Waals surface area contributed by atoms with Crippen LogP contribution >= 0.6 is 0 Å². The monoisotopic (exact) mass is 339 g/mol. The van der Waals surface area contributed by atoms with Crippen molar-refractivity contribution < 1.29 is 13.9 Å². The smallest absolute Gasteiger partial charge is 0.319 e. The number of nitrogens with zero attached hydrogens (tertiary/aromatic N) is 1. The molecule has 1 aliphatic heterocycles. The molecule has 1 heterocycles. The lowest BCUT2D eigenvalue weighted by atomic mass is 9.99. The van der Waals surface area contributed by atoms with Crippen LogP contribution in [0.15, 0.2) is 48.5 Å². The quantitative estimate of drug-likeness (QED) is 0.891. The molecule has 3 rings (SSSR count). The summed E-state index contributed by atoms with van der Waals surface area (Å²) < 4.78 is 18.9. The minimum atomic E-state index is -0.403. The first-order valence-electron chi connectivity index (χ1n) is 8.10. The van der Waals surface area contributed by atoms with Crippen molar-refractivity contribution in [2.75, 3.05) is 11.9 Å². The Hall–Kier alpha value is -2.91. The van der Waals surface area contributed by atoms with E-state index >= 15 is 0 Å². The minimum Gasteiger partial charge on any atom is -0.376 e. The van der Waals surface area contributed by atoms with E-state index in [0.29, 0.717) is 17.9 Å². The Balaban J connectivity index is 1.74. The number of anilines is 1. The van der Waals surface area contributed by atoms with E-state index in [1.807, 2.05) is 6.07 Å². The number of hydrogen-bond donors (Lipinski definition) is 2. The van der Waals surface area contributed by atoms with Crippen LogP contribution in [0, 0.1) is 17.1 Å². The molecule has 2 amide bonds. The molecule has 2 aromatic carbocycles. The van der Waals surface area contributed by atoms with E-state index in [1.54, 1.807) is 36.4 Å². The van der Waals surface area contributed by atoms with Crippen LogP contribution in [-0.2, 0) is 4.74 Å². The molecule has 0 bridgehead atoms. The third-order valence-corrected chi connectivity index (χ3v) is 4.10. The average Bonchev–Trinajstić information content (AvgIpc) is 3.15. The highest BCUT2D eigenvalue weighted by atomic mass is 19.1. The zero-order valence-electron chi connectivity index (χ0n) is 13.5. The SMILES string of the molecule is N#Cc1cccc(NC(=O)NC(c2ccc(F)cc2)C2CCCO2)c1. The Labute approximate surface area is 145 Å². The van der Waals surface area contributed by atoms with Crippen LogP contribution in [0.1, 0.15) is 30.0 Å². The van der Waals surface area contributed by atoms with Crippen LogP contribution in [-0.4, -0.2) is 18.7 Å². The first kappa shape index (κ1) is 16.9. The zero-order valence-corrected chi connectivity index (χ0v) is 13.5. The van der Waals surface area contributed by atoms with Gasteiger partial charge >= 0.3 is 6.03 Å². The van der Waals surface area contributed by atoms with Crippen molar-refractivity contribution in [3.8, 4) is 6.07 Å². The maximum absolute atomic E-state index is 13.2. The molecule has 2 unspecified atom stereocenters. The van der Waals surface area contributed by atoms with Gasteiger partial charge in [0.2, 0.25) is 0 Å². The van der Waals surface area contributed by atoms with Gasteiger partial charge in [0.15, 0.2) is 0 Å². The Bertz CT molecular complexity index is 780. The van der Waals surface area contributed by atoms with Crippen molar-refractivity contribution in [2.24, 2.45) is 0 Å². The number of carbonyl (C=O) groups excluding carboxylic acids is 1. The third kappa shape index (κ3) is 4.34. The lowest BCUT2D eigenvalue weighted by Gasteiger charge is -2.25. The van der Waals surface area contributed by atoms with Gasteiger partial charge in [0.1, 0.15) is 5.82 Å². The van der Waals surface area contributed by atoms with Crippen molar-refractivity contribution in [1.29, 1.82) is 5.26 Å². The Morgan fingerprint density at radius 1 is 1.28 bits per heavy atom. The van der Waals surface area contributed by atoms with E-state index in [-0.39, 0.29) is 18.0 Å². The molecule has 0 radical (unpaired) electrons. The summed E-state index contributed by atoms with van der Waals surface area (Å²) in [5.41, 5.74) is 1.78. The van der Waals surface area contributed by atoms with Gasteiger partial charge in [0, 0.05) is 12.3 Å². The van der Waals surface area contributed by atoms with Crippen LogP contribution in [0.25, 0.3) is 0 Å². The van der Waals surface area contributed by atoms with Crippen molar-refractivity contribution in [3.05, 3.63) is 65.5 Å². The van der Waals surface area contributed by atoms with Crippen LogP contribution < -0.4 is 10.6 Å². The van der Waals surface area contributed by atoms with Gasteiger partial charge in [0.25, 0.3) is 0 Å². The molecule has 2 aromatic rings. The normalized spacial score (nSPS) is 17.5. The first-order valence-corrected chi connectivity index (χ1v) is 8.10. The van der Waals surface area contributed by atoms with Gasteiger partial charge in [-0.2, -0.15) is 5.26 Å². The lowest BCUT2D eigenvalue weighted by Crippen LogP contribution is -2.38. The molecule has 0 spiro atoms. The fourth-order valence-corrected chi connectivity index (χ4v) is 2.90. The number of benzene rings is 2. The van der Waals surface area contributed by atoms with Gasteiger partial charge in [-0.1, -0.05) is 18.2 Å². The molecule has 25 heavy (non-hydrogen) atoms. The maximum Gasteiger partial charge on any atom is 0.319 e. The lowest BCUT2D eigenvalue weighted by molar-refractivity contribution is 0.0815. The highest BCUT2D eigenvalue weighted by Gasteiger charge is 2.28. The molecule has 0 saturated carbocycles. The van der Waals surface area contributed by atoms with Crippen molar-refractivity contribution in [1.82, 2.24) is 5.32 Å². The van der Waals surface area contributed by atoms with Crippen molar-refractivity contribution >= 4 is 11.7 Å². The number of amides is 2. The predicted molar refractivity (Wildman–Crippen MR) is 91.4 cm³/mol. The van der Waals surface area contributed by atoms with E-state index in [1.165, 1.54) is 12.1 Å². The molecule has 0 aliphatic carbocycles. The second-order valence-corrected chi connectivity index (χ2v) is 5.87. The summed E-state index contributed by atoms with van der Waals surface area (Å²) in [6, 6.07) is 14.0. The second-order valence-electron chi connectivity index (χ2n) is 5.87. The summed E-state index contributed by atoms with van der Waals surface area (Å²) >= 11 is 0. The molecule has 2 atom stereocenters.